The molecule has 0 saturated carbocycles. The molecule has 0 spiro atoms. The van der Waals surface area contributed by atoms with E-state index in [0.717, 1.165) is 44.8 Å². The Labute approximate surface area is 127 Å². The summed E-state index contributed by atoms with van der Waals surface area (Å²) in [6, 6.07) is 0.457. The highest BCUT2D eigenvalue weighted by molar-refractivity contribution is 5.51. The Balaban J connectivity index is 1.95. The second kappa shape index (κ2) is 6.30. The Hall–Kier alpha value is -1.16. The Morgan fingerprint density at radius 1 is 1.24 bits per heavy atom. The van der Waals surface area contributed by atoms with E-state index in [-0.39, 0.29) is 0 Å². The van der Waals surface area contributed by atoms with Gasteiger partial charge in [0.1, 0.15) is 11.6 Å². The minimum atomic E-state index is 0.457. The molecule has 1 saturated heterocycles. The molecular weight excluding hydrogens is 262 g/mol. The van der Waals surface area contributed by atoms with Gasteiger partial charge in [0, 0.05) is 17.8 Å². The number of nitrogens with zero attached hydrogens (tertiary/aromatic N) is 3. The fourth-order valence-electron chi connectivity index (χ4n) is 3.61. The summed E-state index contributed by atoms with van der Waals surface area (Å²) in [6.07, 6.45) is 5.95. The second-order valence-electron chi connectivity index (χ2n) is 6.78. The molecule has 116 valence electrons. The molecule has 3 rings (SSSR count). The number of rotatable bonds is 3. The molecule has 2 aliphatic rings. The topological polar surface area (TPSA) is 38.2 Å². The standard InChI is InChI=1S/C17H27N3O/c1-12(2)10-14-11-21-9-8-20(14)17-15-6-4-5-7-16(15)18-13(3)19-17/h12,14H,4-11H2,1-3H3. The summed E-state index contributed by atoms with van der Waals surface area (Å²) in [5.74, 6) is 2.80. The van der Waals surface area contributed by atoms with Crippen LogP contribution >= 0.6 is 0 Å². The number of aromatic nitrogens is 2. The molecule has 1 aliphatic carbocycles. The van der Waals surface area contributed by atoms with Crippen molar-refractivity contribution in [1.82, 2.24) is 9.97 Å². The number of hydrogen-bond donors (Lipinski definition) is 0. The Morgan fingerprint density at radius 3 is 2.86 bits per heavy atom. The smallest absolute Gasteiger partial charge is 0.136 e. The Kier molecular flexibility index (Phi) is 4.43. The molecule has 0 N–H and O–H groups in total. The molecule has 2 heterocycles. The molecule has 1 aromatic heterocycles. The summed E-state index contributed by atoms with van der Waals surface area (Å²) in [6.45, 7) is 9.19. The summed E-state index contributed by atoms with van der Waals surface area (Å²) >= 11 is 0. The molecular formula is C17H27N3O. The minimum absolute atomic E-state index is 0.457. The largest absolute Gasteiger partial charge is 0.377 e. The first-order valence-electron chi connectivity index (χ1n) is 8.36. The highest BCUT2D eigenvalue weighted by Crippen LogP contribution is 2.31. The van der Waals surface area contributed by atoms with E-state index in [0.29, 0.717) is 12.0 Å². The maximum atomic E-state index is 5.72. The molecule has 0 aromatic carbocycles. The van der Waals surface area contributed by atoms with E-state index in [1.807, 2.05) is 6.92 Å². The lowest BCUT2D eigenvalue weighted by molar-refractivity contribution is 0.0872. The second-order valence-corrected chi connectivity index (χ2v) is 6.78. The van der Waals surface area contributed by atoms with Crippen LogP contribution in [-0.4, -0.2) is 35.8 Å². The lowest BCUT2D eigenvalue weighted by atomic mass is 9.94. The third kappa shape index (κ3) is 3.20. The third-order valence-corrected chi connectivity index (χ3v) is 4.52. The minimum Gasteiger partial charge on any atom is -0.377 e. The van der Waals surface area contributed by atoms with Crippen molar-refractivity contribution >= 4 is 5.82 Å². The molecule has 21 heavy (non-hydrogen) atoms. The molecule has 4 nitrogen and oxygen atoms in total. The third-order valence-electron chi connectivity index (χ3n) is 4.52. The lowest BCUT2D eigenvalue weighted by Crippen LogP contribution is -2.47. The fourth-order valence-corrected chi connectivity index (χ4v) is 3.61. The van der Waals surface area contributed by atoms with E-state index < -0.39 is 0 Å². The number of fused-ring (bicyclic) bond motifs is 1. The van der Waals surface area contributed by atoms with Crippen molar-refractivity contribution in [1.29, 1.82) is 0 Å². The fraction of sp³-hybridized carbons (Fsp3) is 0.765. The average Bonchev–Trinajstić information content (AvgIpc) is 2.46. The van der Waals surface area contributed by atoms with Crippen molar-refractivity contribution in [2.75, 3.05) is 24.7 Å². The van der Waals surface area contributed by atoms with Gasteiger partial charge in [0.2, 0.25) is 0 Å². The van der Waals surface area contributed by atoms with Crippen LogP contribution in [0.3, 0.4) is 0 Å². The van der Waals surface area contributed by atoms with Gasteiger partial charge in [-0.3, -0.25) is 0 Å². The molecule has 1 unspecified atom stereocenters. The average molecular weight is 289 g/mol. The zero-order chi connectivity index (χ0) is 14.8. The highest BCUT2D eigenvalue weighted by Gasteiger charge is 2.29. The molecule has 0 amide bonds. The molecule has 1 fully saturated rings. The summed E-state index contributed by atoms with van der Waals surface area (Å²) < 4.78 is 5.72. The first kappa shape index (κ1) is 14.8. The van der Waals surface area contributed by atoms with E-state index in [1.165, 1.54) is 29.9 Å². The van der Waals surface area contributed by atoms with Gasteiger partial charge >= 0.3 is 0 Å². The van der Waals surface area contributed by atoms with Gasteiger partial charge in [0.15, 0.2) is 0 Å². The van der Waals surface area contributed by atoms with Crippen LogP contribution in [-0.2, 0) is 17.6 Å². The monoisotopic (exact) mass is 289 g/mol. The van der Waals surface area contributed by atoms with Crippen molar-refractivity contribution in [3.63, 3.8) is 0 Å². The van der Waals surface area contributed by atoms with E-state index in [4.69, 9.17) is 9.72 Å². The van der Waals surface area contributed by atoms with Crippen LogP contribution in [0.2, 0.25) is 0 Å². The SMILES string of the molecule is Cc1nc2c(c(N3CCOCC3CC(C)C)n1)CCCC2. The van der Waals surface area contributed by atoms with Gasteiger partial charge in [-0.2, -0.15) is 0 Å². The predicted molar refractivity (Wildman–Crippen MR) is 84.8 cm³/mol. The Morgan fingerprint density at radius 2 is 2.05 bits per heavy atom. The van der Waals surface area contributed by atoms with Gasteiger partial charge in [-0.15, -0.1) is 0 Å². The first-order chi connectivity index (χ1) is 10.1. The molecule has 0 bridgehead atoms. The molecule has 1 aromatic rings. The van der Waals surface area contributed by atoms with Crippen molar-refractivity contribution in [3.05, 3.63) is 17.1 Å². The van der Waals surface area contributed by atoms with E-state index in [1.54, 1.807) is 0 Å². The van der Waals surface area contributed by atoms with Crippen molar-refractivity contribution in [3.8, 4) is 0 Å². The quantitative estimate of drug-likeness (QED) is 0.857. The van der Waals surface area contributed by atoms with Gasteiger partial charge in [-0.05, 0) is 44.9 Å². The van der Waals surface area contributed by atoms with Crippen LogP contribution in [0.5, 0.6) is 0 Å². The Bertz CT molecular complexity index is 501. The van der Waals surface area contributed by atoms with E-state index in [2.05, 4.69) is 23.7 Å². The zero-order valence-corrected chi connectivity index (χ0v) is 13.6. The van der Waals surface area contributed by atoms with Crippen LogP contribution in [0, 0.1) is 12.8 Å². The first-order valence-corrected chi connectivity index (χ1v) is 8.36. The maximum absolute atomic E-state index is 5.72. The van der Waals surface area contributed by atoms with Gasteiger partial charge < -0.3 is 9.64 Å². The zero-order valence-electron chi connectivity index (χ0n) is 13.6. The van der Waals surface area contributed by atoms with Gasteiger partial charge in [0.25, 0.3) is 0 Å². The van der Waals surface area contributed by atoms with Crippen LogP contribution in [0.25, 0.3) is 0 Å². The summed E-state index contributed by atoms with van der Waals surface area (Å²) in [4.78, 5) is 12.0. The summed E-state index contributed by atoms with van der Waals surface area (Å²) in [7, 11) is 0. The molecule has 1 aliphatic heterocycles. The number of anilines is 1. The van der Waals surface area contributed by atoms with Crippen molar-refractivity contribution in [2.45, 2.75) is 58.9 Å². The van der Waals surface area contributed by atoms with Crippen molar-refractivity contribution < 1.29 is 4.74 Å². The van der Waals surface area contributed by atoms with Gasteiger partial charge in [-0.1, -0.05) is 13.8 Å². The summed E-state index contributed by atoms with van der Waals surface area (Å²) in [5.41, 5.74) is 2.70. The van der Waals surface area contributed by atoms with Gasteiger partial charge in [0.05, 0.1) is 19.3 Å². The molecule has 0 radical (unpaired) electrons. The number of aryl methyl sites for hydroxylation is 2. The highest BCUT2D eigenvalue weighted by atomic mass is 16.5. The van der Waals surface area contributed by atoms with E-state index >= 15 is 0 Å². The van der Waals surface area contributed by atoms with Crippen LogP contribution in [0.4, 0.5) is 5.82 Å². The van der Waals surface area contributed by atoms with Gasteiger partial charge in [-0.25, -0.2) is 9.97 Å². The van der Waals surface area contributed by atoms with Crippen LogP contribution < -0.4 is 4.90 Å². The van der Waals surface area contributed by atoms with Crippen LogP contribution in [0.15, 0.2) is 0 Å². The van der Waals surface area contributed by atoms with Crippen LogP contribution in [0.1, 0.15) is 50.2 Å². The normalized spacial score (nSPS) is 22.5. The predicted octanol–water partition coefficient (Wildman–Crippen LogP) is 2.92. The number of hydrogen-bond acceptors (Lipinski definition) is 4. The lowest BCUT2D eigenvalue weighted by Gasteiger charge is -2.39. The summed E-state index contributed by atoms with van der Waals surface area (Å²) in [5, 5.41) is 0. The molecule has 1 atom stereocenters. The molecule has 4 heteroatoms. The number of ether oxygens (including phenoxy) is 1. The number of morpholine rings is 1. The van der Waals surface area contributed by atoms with Crippen molar-refractivity contribution in [2.24, 2.45) is 5.92 Å². The maximum Gasteiger partial charge on any atom is 0.136 e. The van der Waals surface area contributed by atoms with E-state index in [9.17, 15) is 0 Å².